The second-order valence-corrected chi connectivity index (χ2v) is 17.6. The molecular formula is C19H30Ge. The van der Waals surface area contributed by atoms with Crippen molar-refractivity contribution in [3.63, 3.8) is 0 Å². The third-order valence-corrected chi connectivity index (χ3v) is 18.4. The maximum atomic E-state index is 3.99. The first kappa shape index (κ1) is 17.3. The third kappa shape index (κ3) is 4.66. The molecule has 0 fully saturated rings. The molecule has 1 aromatic rings. The summed E-state index contributed by atoms with van der Waals surface area (Å²) < 4.78 is 0.896. The predicted molar refractivity (Wildman–Crippen MR) is 95.9 cm³/mol. The molecule has 0 nitrogen and oxygen atoms in total. The van der Waals surface area contributed by atoms with Gasteiger partial charge >= 0.3 is 128 Å². The van der Waals surface area contributed by atoms with Crippen LogP contribution in [0.15, 0.2) is 49.1 Å². The topological polar surface area (TPSA) is 0 Å². The molecule has 1 heteroatoms. The number of hydrogen-bond acceptors (Lipinski definition) is 0. The van der Waals surface area contributed by atoms with E-state index < -0.39 is 13.3 Å². The van der Waals surface area contributed by atoms with Crippen LogP contribution in [0, 0.1) is 0 Å². The van der Waals surface area contributed by atoms with Crippen molar-refractivity contribution in [3.8, 4) is 0 Å². The van der Waals surface area contributed by atoms with Gasteiger partial charge < -0.3 is 0 Å². The molecule has 20 heavy (non-hydrogen) atoms. The minimum absolute atomic E-state index is 0.896. The van der Waals surface area contributed by atoms with Gasteiger partial charge in [-0.1, -0.05) is 0 Å². The molecule has 0 amide bonds. The fourth-order valence-corrected chi connectivity index (χ4v) is 12.9. The van der Waals surface area contributed by atoms with Crippen LogP contribution in [0.3, 0.4) is 0 Å². The van der Waals surface area contributed by atoms with E-state index in [1.165, 1.54) is 34.2 Å². The average molecular weight is 331 g/mol. The van der Waals surface area contributed by atoms with E-state index in [4.69, 9.17) is 0 Å². The van der Waals surface area contributed by atoms with Gasteiger partial charge in [0.15, 0.2) is 0 Å². The first-order valence-electron chi connectivity index (χ1n) is 8.04. The maximum absolute atomic E-state index is 3.99. The molecule has 110 valence electrons. The zero-order valence-electron chi connectivity index (χ0n) is 13.4. The molecule has 0 aliphatic heterocycles. The molecule has 0 saturated heterocycles. The van der Waals surface area contributed by atoms with Crippen molar-refractivity contribution in [2.24, 2.45) is 0 Å². The molecule has 0 bridgehead atoms. The summed E-state index contributed by atoms with van der Waals surface area (Å²) in [5, 5.41) is 4.35. The molecule has 0 saturated carbocycles. The van der Waals surface area contributed by atoms with Crippen molar-refractivity contribution in [3.05, 3.63) is 54.6 Å². The Hall–Kier alpha value is -0.757. The summed E-state index contributed by atoms with van der Waals surface area (Å²) in [6.45, 7) is 11.3. The number of allylic oxidation sites excluding steroid dienone is 2. The normalized spacial score (nSPS) is 13.6. The van der Waals surface area contributed by atoms with Crippen molar-refractivity contribution in [2.45, 2.75) is 54.1 Å². The molecule has 0 aliphatic rings. The first-order valence-corrected chi connectivity index (χ1v) is 13.7. The summed E-state index contributed by atoms with van der Waals surface area (Å²) in [5.74, 6) is 0. The summed E-state index contributed by atoms with van der Waals surface area (Å²) in [6, 6.07) is 10.6. The van der Waals surface area contributed by atoms with E-state index in [1.807, 2.05) is 0 Å². The van der Waals surface area contributed by atoms with Gasteiger partial charge in [0.05, 0.1) is 0 Å². The van der Waals surface area contributed by atoms with Gasteiger partial charge in [-0.15, -0.1) is 0 Å². The van der Waals surface area contributed by atoms with Crippen LogP contribution in [0.2, 0.25) is 20.5 Å². The second-order valence-electron chi connectivity index (χ2n) is 5.69. The number of rotatable bonds is 9. The van der Waals surface area contributed by atoms with Crippen molar-refractivity contribution in [1.82, 2.24) is 0 Å². The summed E-state index contributed by atoms with van der Waals surface area (Å²) in [7, 11) is 0. The van der Waals surface area contributed by atoms with Crippen LogP contribution in [-0.4, -0.2) is 13.3 Å². The van der Waals surface area contributed by atoms with Gasteiger partial charge in [0, 0.05) is 0 Å². The first-order chi connectivity index (χ1) is 9.72. The molecule has 1 atom stereocenters. The van der Waals surface area contributed by atoms with E-state index in [0.29, 0.717) is 0 Å². The fourth-order valence-electron chi connectivity index (χ4n) is 3.35. The molecule has 1 unspecified atom stereocenters. The molecule has 0 N–H and O–H groups in total. The van der Waals surface area contributed by atoms with Crippen LogP contribution >= 0.6 is 0 Å². The van der Waals surface area contributed by atoms with Crippen LogP contribution < -0.4 is 0 Å². The van der Waals surface area contributed by atoms with E-state index in [-0.39, 0.29) is 0 Å². The molecular weight excluding hydrogens is 301 g/mol. The van der Waals surface area contributed by atoms with Gasteiger partial charge in [-0.3, -0.25) is 0 Å². The zero-order chi connectivity index (χ0) is 14.8. The Bertz CT molecular complexity index is 393. The zero-order valence-corrected chi connectivity index (χ0v) is 15.5. The Morgan fingerprint density at radius 2 is 1.60 bits per heavy atom. The summed E-state index contributed by atoms with van der Waals surface area (Å²) in [5.41, 5.74) is 1.31. The quantitative estimate of drug-likeness (QED) is 0.356. The summed E-state index contributed by atoms with van der Waals surface area (Å²) >= 11 is -1.69. The average Bonchev–Trinajstić information content (AvgIpc) is 2.50. The van der Waals surface area contributed by atoms with E-state index in [0.717, 1.165) is 4.75 Å². The standard InChI is InChI=1S/C19H30Ge/c1-5-13-19(20(6-2,7-3)8-4)17-12-16-18-14-10-9-11-15-18/h5,9-12,14-16,19H,1,6-8,13,17H2,2-4H3/b16-12+. The van der Waals surface area contributed by atoms with Crippen LogP contribution in [0.25, 0.3) is 6.08 Å². The van der Waals surface area contributed by atoms with Crippen molar-refractivity contribution in [2.75, 3.05) is 0 Å². The molecule has 0 aromatic heterocycles. The Balaban J connectivity index is 2.76. The van der Waals surface area contributed by atoms with Crippen molar-refractivity contribution >= 4 is 19.3 Å². The Morgan fingerprint density at radius 3 is 2.10 bits per heavy atom. The van der Waals surface area contributed by atoms with Crippen molar-refractivity contribution < 1.29 is 0 Å². The third-order valence-electron chi connectivity index (χ3n) is 4.96. The summed E-state index contributed by atoms with van der Waals surface area (Å²) in [6.07, 6.45) is 9.25. The SMILES string of the molecule is C=CC[CH](C/C=C/c1ccccc1)[Ge]([CH2]C)([CH2]C)[CH2]C. The number of hydrogen-bond donors (Lipinski definition) is 0. The van der Waals surface area contributed by atoms with Gasteiger partial charge in [-0.2, -0.15) is 0 Å². The predicted octanol–water partition coefficient (Wildman–Crippen LogP) is 6.54. The van der Waals surface area contributed by atoms with Gasteiger partial charge in [0.2, 0.25) is 0 Å². The van der Waals surface area contributed by atoms with Gasteiger partial charge in [-0.05, 0) is 0 Å². The van der Waals surface area contributed by atoms with E-state index in [1.54, 1.807) is 0 Å². The number of benzene rings is 1. The van der Waals surface area contributed by atoms with Crippen LogP contribution in [0.1, 0.15) is 39.2 Å². The molecule has 0 heterocycles. The van der Waals surface area contributed by atoms with Crippen molar-refractivity contribution in [1.29, 1.82) is 0 Å². The molecule has 0 aliphatic carbocycles. The molecule has 0 spiro atoms. The van der Waals surface area contributed by atoms with Crippen LogP contribution in [-0.2, 0) is 0 Å². The van der Waals surface area contributed by atoms with Gasteiger partial charge in [0.1, 0.15) is 0 Å². The van der Waals surface area contributed by atoms with Crippen LogP contribution in [0.5, 0.6) is 0 Å². The Kier molecular flexibility index (Phi) is 7.98. The Morgan fingerprint density at radius 1 is 1.00 bits per heavy atom. The van der Waals surface area contributed by atoms with E-state index in [2.05, 4.69) is 75.9 Å². The van der Waals surface area contributed by atoms with Gasteiger partial charge in [-0.25, -0.2) is 0 Å². The van der Waals surface area contributed by atoms with E-state index >= 15 is 0 Å². The monoisotopic (exact) mass is 332 g/mol. The van der Waals surface area contributed by atoms with Gasteiger partial charge in [0.25, 0.3) is 0 Å². The Labute approximate surface area is 128 Å². The molecule has 1 rings (SSSR count). The molecule has 0 radical (unpaired) electrons. The summed E-state index contributed by atoms with van der Waals surface area (Å²) in [4.78, 5) is 0. The molecule has 1 aromatic carbocycles. The van der Waals surface area contributed by atoms with E-state index in [9.17, 15) is 0 Å². The minimum atomic E-state index is -1.69. The fraction of sp³-hybridized carbons (Fsp3) is 0.474. The van der Waals surface area contributed by atoms with Crippen LogP contribution in [0.4, 0.5) is 0 Å². The second kappa shape index (κ2) is 9.23.